The van der Waals surface area contributed by atoms with Crippen molar-refractivity contribution in [2.75, 3.05) is 11.9 Å². The van der Waals surface area contributed by atoms with Gasteiger partial charge in [-0.25, -0.2) is 4.79 Å². The molecule has 4 atom stereocenters. The predicted octanol–water partition coefficient (Wildman–Crippen LogP) is -1.35. The van der Waals surface area contributed by atoms with Crippen molar-refractivity contribution in [1.82, 2.24) is 9.55 Å². The number of ether oxygens (including phenoxy) is 1. The third kappa shape index (κ3) is 4.01. The average Bonchev–Trinajstić information content (AvgIpc) is 2.78. The van der Waals surface area contributed by atoms with Crippen LogP contribution in [0.15, 0.2) is 17.1 Å². The molecule has 1 saturated heterocycles. The molecule has 6 N–H and O–H groups in total. The number of anilines is 1. The van der Waals surface area contributed by atoms with Crippen LogP contribution in [0.3, 0.4) is 0 Å². The molecule has 28 heavy (non-hydrogen) atoms. The predicted molar refractivity (Wildman–Crippen MR) is 88.5 cm³/mol. The fourth-order valence-corrected chi connectivity index (χ4v) is 2.58. The molecule has 0 saturated carbocycles. The Bertz CT molecular complexity index is 814. The summed E-state index contributed by atoms with van der Waals surface area (Å²) in [5.41, 5.74) is 1.35. The van der Waals surface area contributed by atoms with E-state index in [-0.39, 0.29) is 18.7 Å². The summed E-state index contributed by atoms with van der Waals surface area (Å²) < 4.78 is 34.2. The summed E-state index contributed by atoms with van der Waals surface area (Å²) in [7, 11) is 0. The van der Waals surface area contributed by atoms with Crippen LogP contribution in [0.5, 0.6) is 0 Å². The van der Waals surface area contributed by atoms with Crippen molar-refractivity contribution in [3.05, 3.63) is 22.7 Å². The largest absolute Gasteiger partial charge is 0.480 e. The summed E-state index contributed by atoms with van der Waals surface area (Å²) in [5.74, 6) is -6.11. The first-order chi connectivity index (χ1) is 12.9. The van der Waals surface area contributed by atoms with E-state index < -0.39 is 54.1 Å². The molecule has 0 aromatic carbocycles. The lowest BCUT2D eigenvalue weighted by atomic mass is 9.94. The number of hydrogen-bond donors (Lipinski definition) is 5. The van der Waals surface area contributed by atoms with Crippen LogP contribution >= 0.6 is 0 Å². The SMILES string of the molecule is C[C@@]1(O)[C@@H](CO)O[C@@H](n2ccc(NC(=O)CCC(N)C(=O)O)nc2=O)C1(F)F. The van der Waals surface area contributed by atoms with E-state index in [1.54, 1.807) is 0 Å². The first-order valence-corrected chi connectivity index (χ1v) is 8.15. The van der Waals surface area contributed by atoms with E-state index in [1.807, 2.05) is 0 Å². The summed E-state index contributed by atoms with van der Waals surface area (Å²) in [5, 5.41) is 29.9. The number of carboxylic acids is 1. The number of nitrogens with zero attached hydrogens (tertiary/aromatic N) is 2. The van der Waals surface area contributed by atoms with E-state index in [9.17, 15) is 28.3 Å². The van der Waals surface area contributed by atoms with Gasteiger partial charge in [0, 0.05) is 12.6 Å². The van der Waals surface area contributed by atoms with E-state index in [1.165, 1.54) is 0 Å². The Morgan fingerprint density at radius 1 is 1.50 bits per heavy atom. The zero-order chi connectivity index (χ0) is 21.3. The molecule has 156 valence electrons. The summed E-state index contributed by atoms with van der Waals surface area (Å²) in [6, 6.07) is -0.183. The molecule has 1 aromatic heterocycles. The van der Waals surface area contributed by atoms with Gasteiger partial charge in [0.15, 0.2) is 5.60 Å². The smallest absolute Gasteiger partial charge is 0.351 e. The molecule has 0 aliphatic carbocycles. The van der Waals surface area contributed by atoms with Crippen molar-refractivity contribution in [3.8, 4) is 0 Å². The first-order valence-electron chi connectivity index (χ1n) is 8.15. The lowest BCUT2D eigenvalue weighted by Crippen LogP contribution is -2.51. The molecule has 1 amide bonds. The van der Waals surface area contributed by atoms with Crippen molar-refractivity contribution in [2.24, 2.45) is 5.73 Å². The van der Waals surface area contributed by atoms with Crippen molar-refractivity contribution >= 4 is 17.7 Å². The Morgan fingerprint density at radius 3 is 2.64 bits per heavy atom. The third-order valence-corrected chi connectivity index (χ3v) is 4.42. The highest BCUT2D eigenvalue weighted by Crippen LogP contribution is 2.48. The summed E-state index contributed by atoms with van der Waals surface area (Å²) in [6.45, 7) is -0.114. The number of aliphatic carboxylic acids is 1. The zero-order valence-corrected chi connectivity index (χ0v) is 14.7. The lowest BCUT2D eigenvalue weighted by molar-refractivity contribution is -0.178. The molecule has 2 heterocycles. The maximum Gasteiger partial charge on any atom is 0.351 e. The molecule has 1 aromatic rings. The number of nitrogens with two attached hydrogens (primary N) is 1. The number of carbonyl (C=O) groups is 2. The maximum atomic E-state index is 14.4. The fraction of sp³-hybridized carbons (Fsp3) is 0.600. The van der Waals surface area contributed by atoms with E-state index in [0.717, 1.165) is 19.2 Å². The topological polar surface area (TPSA) is 177 Å². The van der Waals surface area contributed by atoms with Crippen LogP contribution < -0.4 is 16.7 Å². The summed E-state index contributed by atoms with van der Waals surface area (Å²) in [6.07, 6.45) is -3.36. The minimum Gasteiger partial charge on any atom is -0.480 e. The Labute approximate surface area is 156 Å². The summed E-state index contributed by atoms with van der Waals surface area (Å²) >= 11 is 0. The molecule has 0 spiro atoms. The Hall–Kier alpha value is -2.48. The van der Waals surface area contributed by atoms with Gasteiger partial charge in [0.25, 0.3) is 0 Å². The van der Waals surface area contributed by atoms with Crippen LogP contribution in [0.4, 0.5) is 14.6 Å². The number of carbonyl (C=O) groups excluding carboxylic acids is 1. The van der Waals surface area contributed by atoms with Gasteiger partial charge in [0.1, 0.15) is 18.0 Å². The van der Waals surface area contributed by atoms with Crippen LogP contribution in [0, 0.1) is 0 Å². The second-order valence-corrected chi connectivity index (χ2v) is 6.46. The number of rotatable bonds is 7. The van der Waals surface area contributed by atoms with Gasteiger partial charge >= 0.3 is 17.6 Å². The van der Waals surface area contributed by atoms with Crippen molar-refractivity contribution in [1.29, 1.82) is 0 Å². The molecule has 0 bridgehead atoms. The van der Waals surface area contributed by atoms with Crippen LogP contribution in [0.25, 0.3) is 0 Å². The number of carboxylic acid groups (broad SMARTS) is 1. The van der Waals surface area contributed by atoms with Crippen LogP contribution in [0.1, 0.15) is 26.0 Å². The lowest BCUT2D eigenvalue weighted by Gasteiger charge is -2.28. The minimum absolute atomic E-state index is 0.155. The van der Waals surface area contributed by atoms with Gasteiger partial charge in [-0.2, -0.15) is 13.8 Å². The number of aliphatic hydroxyl groups excluding tert-OH is 1. The van der Waals surface area contributed by atoms with Gasteiger partial charge in [-0.15, -0.1) is 0 Å². The van der Waals surface area contributed by atoms with Gasteiger partial charge in [0.05, 0.1) is 6.61 Å². The van der Waals surface area contributed by atoms with Crippen molar-refractivity contribution < 1.29 is 38.4 Å². The highest BCUT2D eigenvalue weighted by molar-refractivity contribution is 5.90. The number of amides is 1. The molecule has 1 fully saturated rings. The molecule has 13 heteroatoms. The third-order valence-electron chi connectivity index (χ3n) is 4.42. The first kappa shape index (κ1) is 21.8. The van der Waals surface area contributed by atoms with Gasteiger partial charge in [-0.3, -0.25) is 14.2 Å². The highest BCUT2D eigenvalue weighted by atomic mass is 19.3. The second kappa shape index (κ2) is 7.87. The number of aromatic nitrogens is 2. The standard InChI is InChI=1S/C15H20F2N4O7/c1-14(27)8(6-22)28-12(15(14,16)17)21-5-4-9(20-13(21)26)19-10(23)3-2-7(18)11(24)25/h4-5,7-8,12,22,27H,2-3,6,18H2,1H3,(H,24,25)(H,19,20,23,26)/t7?,8-,12-,14-/m1/s1. The maximum absolute atomic E-state index is 14.4. The average molecular weight is 406 g/mol. The number of nitrogens with one attached hydrogen (secondary N) is 1. The Balaban J connectivity index is 2.14. The van der Waals surface area contributed by atoms with E-state index in [4.69, 9.17) is 20.7 Å². The number of aliphatic hydroxyl groups is 2. The summed E-state index contributed by atoms with van der Waals surface area (Å²) in [4.78, 5) is 37.9. The minimum atomic E-state index is -3.91. The van der Waals surface area contributed by atoms with E-state index in [2.05, 4.69) is 10.3 Å². The Morgan fingerprint density at radius 2 is 2.14 bits per heavy atom. The quantitative estimate of drug-likeness (QED) is 0.366. The van der Waals surface area contributed by atoms with Crippen molar-refractivity contribution in [3.63, 3.8) is 0 Å². The fourth-order valence-electron chi connectivity index (χ4n) is 2.58. The molecule has 11 nitrogen and oxygen atoms in total. The van der Waals surface area contributed by atoms with Crippen molar-refractivity contribution in [2.45, 2.75) is 49.7 Å². The monoisotopic (exact) mass is 406 g/mol. The van der Waals surface area contributed by atoms with Gasteiger partial charge in [0.2, 0.25) is 12.1 Å². The molecule has 2 rings (SSSR count). The Kier molecular flexibility index (Phi) is 6.13. The molecule has 1 aliphatic rings. The van der Waals surface area contributed by atoms with Crippen LogP contribution in [-0.4, -0.2) is 67.0 Å². The normalized spacial score (nSPS) is 27.4. The number of halogens is 2. The zero-order valence-electron chi connectivity index (χ0n) is 14.7. The second-order valence-electron chi connectivity index (χ2n) is 6.46. The molecular formula is C15H20F2N4O7. The molecule has 1 unspecified atom stereocenters. The number of alkyl halides is 2. The van der Waals surface area contributed by atoms with Crippen LogP contribution in [0.2, 0.25) is 0 Å². The van der Waals surface area contributed by atoms with Crippen LogP contribution in [-0.2, 0) is 14.3 Å². The van der Waals surface area contributed by atoms with Gasteiger partial charge < -0.3 is 31.1 Å². The van der Waals surface area contributed by atoms with E-state index in [0.29, 0.717) is 4.57 Å². The molecule has 0 radical (unpaired) electrons. The van der Waals surface area contributed by atoms with Gasteiger partial charge in [-0.05, 0) is 19.4 Å². The molecule has 1 aliphatic heterocycles. The number of hydrogen-bond acceptors (Lipinski definition) is 8. The van der Waals surface area contributed by atoms with Gasteiger partial charge in [-0.1, -0.05) is 0 Å². The highest BCUT2D eigenvalue weighted by Gasteiger charge is 2.67. The molecular weight excluding hydrogens is 386 g/mol. The van der Waals surface area contributed by atoms with E-state index >= 15 is 0 Å².